The van der Waals surface area contributed by atoms with Crippen molar-refractivity contribution in [2.75, 3.05) is 29.9 Å². The molecule has 2 aromatic rings. The Kier molecular flexibility index (Phi) is 5.44. The van der Waals surface area contributed by atoms with Gasteiger partial charge in [0, 0.05) is 37.9 Å². The first-order valence-electron chi connectivity index (χ1n) is 8.41. The third-order valence-electron chi connectivity index (χ3n) is 4.21. The summed E-state index contributed by atoms with van der Waals surface area (Å²) in [6.07, 6.45) is 1.82. The van der Waals surface area contributed by atoms with E-state index >= 15 is 0 Å². The number of hydrogen-bond donors (Lipinski definition) is 2. The second kappa shape index (κ2) is 8.12. The lowest BCUT2D eigenvalue weighted by Gasteiger charge is -2.16. The molecule has 1 saturated heterocycles. The van der Waals surface area contributed by atoms with Gasteiger partial charge in [-0.05, 0) is 24.3 Å². The highest BCUT2D eigenvalue weighted by molar-refractivity contribution is 6.00. The van der Waals surface area contributed by atoms with Gasteiger partial charge in [-0.2, -0.15) is 5.26 Å². The first-order valence-corrected chi connectivity index (χ1v) is 8.41. The van der Waals surface area contributed by atoms with Crippen molar-refractivity contribution in [1.82, 2.24) is 10.3 Å². The minimum Gasteiger partial charge on any atom is -0.367 e. The van der Waals surface area contributed by atoms with Crippen molar-refractivity contribution < 1.29 is 9.59 Å². The molecule has 1 aromatic carbocycles. The zero-order valence-electron chi connectivity index (χ0n) is 14.2. The molecule has 0 bridgehead atoms. The minimum atomic E-state index is -0.354. The fourth-order valence-electron chi connectivity index (χ4n) is 2.89. The molecule has 0 radical (unpaired) electrons. The highest BCUT2D eigenvalue weighted by Gasteiger charge is 2.34. The van der Waals surface area contributed by atoms with Gasteiger partial charge in [0.1, 0.15) is 11.9 Å². The Bertz CT molecular complexity index is 831. The summed E-state index contributed by atoms with van der Waals surface area (Å²) in [4.78, 5) is 30.2. The molecule has 7 heteroatoms. The summed E-state index contributed by atoms with van der Waals surface area (Å²) in [7, 11) is 0. The number of amides is 2. The molecule has 132 valence electrons. The lowest BCUT2D eigenvalue weighted by atomic mass is 10.1. The third-order valence-corrected chi connectivity index (χ3v) is 4.21. The Morgan fingerprint density at radius 3 is 2.81 bits per heavy atom. The van der Waals surface area contributed by atoms with E-state index in [1.54, 1.807) is 23.2 Å². The summed E-state index contributed by atoms with van der Waals surface area (Å²) in [5.41, 5.74) is 1.27. The Morgan fingerprint density at radius 1 is 1.23 bits per heavy atom. The molecule has 1 aliphatic heterocycles. The van der Waals surface area contributed by atoms with Crippen molar-refractivity contribution in [2.24, 2.45) is 5.92 Å². The number of benzene rings is 1. The molecule has 7 nitrogen and oxygen atoms in total. The molecule has 0 spiro atoms. The maximum absolute atomic E-state index is 12.3. The lowest BCUT2D eigenvalue weighted by Crippen LogP contribution is -2.35. The van der Waals surface area contributed by atoms with Crippen LogP contribution in [0.2, 0.25) is 0 Å². The summed E-state index contributed by atoms with van der Waals surface area (Å²) in [6, 6.07) is 14.8. The number of para-hydroxylation sites is 1. The maximum atomic E-state index is 12.3. The molecular formula is C19H19N5O2. The Hall–Kier alpha value is -3.40. The molecule has 2 heterocycles. The molecular weight excluding hydrogens is 330 g/mol. The lowest BCUT2D eigenvalue weighted by molar-refractivity contribution is -0.126. The van der Waals surface area contributed by atoms with Gasteiger partial charge < -0.3 is 15.5 Å². The van der Waals surface area contributed by atoms with Crippen molar-refractivity contribution in [3.8, 4) is 6.07 Å². The molecule has 2 N–H and O–H groups in total. The largest absolute Gasteiger partial charge is 0.367 e. The first kappa shape index (κ1) is 17.4. The molecule has 0 unspecified atom stereocenters. The summed E-state index contributed by atoms with van der Waals surface area (Å²) >= 11 is 0. The van der Waals surface area contributed by atoms with E-state index in [0.29, 0.717) is 31.0 Å². The van der Waals surface area contributed by atoms with Gasteiger partial charge in [-0.25, -0.2) is 4.98 Å². The van der Waals surface area contributed by atoms with Gasteiger partial charge in [-0.1, -0.05) is 18.2 Å². The number of nitrogens with zero attached hydrogens (tertiary/aromatic N) is 3. The molecule has 1 atom stereocenters. The van der Waals surface area contributed by atoms with E-state index in [9.17, 15) is 9.59 Å². The molecule has 3 rings (SSSR count). The average Bonchev–Trinajstić information content (AvgIpc) is 3.08. The predicted octanol–water partition coefficient (Wildman–Crippen LogP) is 1.53. The van der Waals surface area contributed by atoms with Crippen molar-refractivity contribution >= 4 is 23.3 Å². The summed E-state index contributed by atoms with van der Waals surface area (Å²) < 4.78 is 0. The van der Waals surface area contributed by atoms with Crippen LogP contribution in [0.4, 0.5) is 11.5 Å². The predicted molar refractivity (Wildman–Crippen MR) is 97.4 cm³/mol. The third kappa shape index (κ3) is 3.98. The van der Waals surface area contributed by atoms with Gasteiger partial charge in [-0.3, -0.25) is 9.59 Å². The monoisotopic (exact) mass is 349 g/mol. The van der Waals surface area contributed by atoms with Crippen molar-refractivity contribution in [3.05, 3.63) is 54.2 Å². The molecule has 2 amide bonds. The van der Waals surface area contributed by atoms with Crippen LogP contribution in [0.15, 0.2) is 48.7 Å². The quantitative estimate of drug-likeness (QED) is 0.771. The highest BCUT2D eigenvalue weighted by atomic mass is 16.2. The number of hydrogen-bond acceptors (Lipinski definition) is 5. The normalized spacial score (nSPS) is 16.2. The van der Waals surface area contributed by atoms with Crippen LogP contribution in [0.25, 0.3) is 0 Å². The van der Waals surface area contributed by atoms with E-state index in [-0.39, 0.29) is 24.2 Å². The number of carbonyl (C=O) groups excluding carboxylic acids is 2. The summed E-state index contributed by atoms with van der Waals surface area (Å²) in [6.45, 7) is 1.22. The second-order valence-electron chi connectivity index (χ2n) is 5.97. The zero-order valence-corrected chi connectivity index (χ0v) is 14.2. The van der Waals surface area contributed by atoms with Gasteiger partial charge in [0.2, 0.25) is 11.8 Å². The average molecular weight is 349 g/mol. The fraction of sp³-hybridized carbons (Fsp3) is 0.263. The maximum Gasteiger partial charge on any atom is 0.227 e. The van der Waals surface area contributed by atoms with E-state index in [0.717, 1.165) is 5.69 Å². The van der Waals surface area contributed by atoms with Gasteiger partial charge in [-0.15, -0.1) is 0 Å². The van der Waals surface area contributed by atoms with Crippen molar-refractivity contribution in [1.29, 1.82) is 5.26 Å². The molecule has 26 heavy (non-hydrogen) atoms. The van der Waals surface area contributed by atoms with E-state index in [4.69, 9.17) is 5.26 Å². The van der Waals surface area contributed by atoms with Crippen LogP contribution in [-0.4, -0.2) is 36.4 Å². The van der Waals surface area contributed by atoms with Crippen LogP contribution < -0.4 is 15.5 Å². The number of rotatable bonds is 6. The zero-order chi connectivity index (χ0) is 18.4. The van der Waals surface area contributed by atoms with Gasteiger partial charge >= 0.3 is 0 Å². The van der Waals surface area contributed by atoms with Gasteiger partial charge in [0.15, 0.2) is 0 Å². The minimum absolute atomic E-state index is 0.0402. The van der Waals surface area contributed by atoms with Crippen LogP contribution in [0.5, 0.6) is 0 Å². The molecule has 1 aliphatic rings. The molecule has 1 aromatic heterocycles. The van der Waals surface area contributed by atoms with Crippen LogP contribution in [0.3, 0.4) is 0 Å². The number of nitriles is 1. The number of carbonyl (C=O) groups is 2. The molecule has 0 saturated carbocycles. The van der Waals surface area contributed by atoms with E-state index in [1.165, 1.54) is 0 Å². The van der Waals surface area contributed by atoms with Crippen LogP contribution >= 0.6 is 0 Å². The number of pyridine rings is 1. The van der Waals surface area contributed by atoms with E-state index in [1.807, 2.05) is 30.3 Å². The topological polar surface area (TPSA) is 98.1 Å². The standard InChI is InChI=1S/C19H19N5O2/c20-12-14-5-4-8-21-18(14)22-9-10-23-19(26)15-11-17(25)24(13-15)16-6-2-1-3-7-16/h1-8,15H,9-11,13H2,(H,21,22)(H,23,26)/t15-/m0/s1. The number of anilines is 2. The Morgan fingerprint density at radius 2 is 2.04 bits per heavy atom. The highest BCUT2D eigenvalue weighted by Crippen LogP contribution is 2.24. The number of nitrogens with one attached hydrogen (secondary N) is 2. The first-order chi connectivity index (χ1) is 12.7. The van der Waals surface area contributed by atoms with Crippen LogP contribution in [0, 0.1) is 17.2 Å². The molecule has 0 aliphatic carbocycles. The van der Waals surface area contributed by atoms with Gasteiger partial charge in [0.25, 0.3) is 0 Å². The summed E-state index contributed by atoms with van der Waals surface area (Å²) in [5.74, 6) is -0.0375. The van der Waals surface area contributed by atoms with Crippen molar-refractivity contribution in [2.45, 2.75) is 6.42 Å². The van der Waals surface area contributed by atoms with Gasteiger partial charge in [0.05, 0.1) is 11.5 Å². The Labute approximate surface area is 151 Å². The second-order valence-corrected chi connectivity index (χ2v) is 5.97. The smallest absolute Gasteiger partial charge is 0.227 e. The number of aromatic nitrogens is 1. The fourth-order valence-corrected chi connectivity index (χ4v) is 2.89. The van der Waals surface area contributed by atoms with E-state index < -0.39 is 0 Å². The molecule has 1 fully saturated rings. The van der Waals surface area contributed by atoms with Crippen molar-refractivity contribution in [3.63, 3.8) is 0 Å². The summed E-state index contributed by atoms with van der Waals surface area (Å²) in [5, 5.41) is 14.9. The van der Waals surface area contributed by atoms with Crippen LogP contribution in [-0.2, 0) is 9.59 Å². The van der Waals surface area contributed by atoms with E-state index in [2.05, 4.69) is 21.7 Å². The van der Waals surface area contributed by atoms with Crippen LogP contribution in [0.1, 0.15) is 12.0 Å². The Balaban J connectivity index is 1.47. The SMILES string of the molecule is N#Cc1cccnc1NCCNC(=O)[C@H]1CC(=O)N(c2ccccc2)C1.